The Morgan fingerprint density at radius 3 is 2.21 bits per heavy atom. The second-order valence-corrected chi connectivity index (χ2v) is 5.99. The van der Waals surface area contributed by atoms with Crippen molar-refractivity contribution in [3.8, 4) is 11.5 Å². The van der Waals surface area contributed by atoms with Crippen molar-refractivity contribution in [1.29, 1.82) is 0 Å². The van der Waals surface area contributed by atoms with E-state index in [1.54, 1.807) is 0 Å². The molecule has 0 saturated carbocycles. The lowest BCUT2D eigenvalue weighted by molar-refractivity contribution is 0.482. The highest BCUT2D eigenvalue weighted by Gasteiger charge is 2.04. The average molecular weight is 338 g/mol. The highest BCUT2D eigenvalue weighted by molar-refractivity contribution is 6.31. The van der Waals surface area contributed by atoms with Crippen molar-refractivity contribution in [3.05, 3.63) is 95.0 Å². The van der Waals surface area contributed by atoms with Crippen LogP contribution in [0.2, 0.25) is 5.02 Å². The molecule has 3 heteroatoms. The van der Waals surface area contributed by atoms with Gasteiger partial charge < -0.3 is 10.1 Å². The molecule has 0 bridgehead atoms. The minimum absolute atomic E-state index is 0.718. The highest BCUT2D eigenvalue weighted by atomic mass is 35.5. The van der Waals surface area contributed by atoms with Gasteiger partial charge in [-0.15, -0.1) is 0 Å². The van der Waals surface area contributed by atoms with Crippen LogP contribution in [0.4, 0.5) is 0 Å². The summed E-state index contributed by atoms with van der Waals surface area (Å²) in [5.41, 5.74) is 2.41. The van der Waals surface area contributed by atoms with Gasteiger partial charge in [0.1, 0.15) is 11.5 Å². The number of hydrogen-bond acceptors (Lipinski definition) is 2. The molecule has 0 aliphatic rings. The first-order valence-electron chi connectivity index (χ1n) is 8.07. The maximum atomic E-state index is 6.37. The first-order chi connectivity index (χ1) is 11.8. The Morgan fingerprint density at radius 2 is 1.50 bits per heavy atom. The van der Waals surface area contributed by atoms with E-state index in [1.165, 1.54) is 5.56 Å². The van der Waals surface area contributed by atoms with E-state index in [2.05, 4.69) is 29.6 Å². The van der Waals surface area contributed by atoms with Gasteiger partial charge in [-0.1, -0.05) is 66.2 Å². The summed E-state index contributed by atoms with van der Waals surface area (Å²) in [6.07, 6.45) is 1.01. The summed E-state index contributed by atoms with van der Waals surface area (Å²) in [5.74, 6) is 1.56. The summed E-state index contributed by atoms with van der Waals surface area (Å²) < 4.78 is 5.79. The van der Waals surface area contributed by atoms with E-state index in [-0.39, 0.29) is 0 Å². The van der Waals surface area contributed by atoms with Gasteiger partial charge in [-0.2, -0.15) is 0 Å². The van der Waals surface area contributed by atoms with Gasteiger partial charge in [-0.3, -0.25) is 0 Å². The van der Waals surface area contributed by atoms with Crippen LogP contribution in [0.25, 0.3) is 0 Å². The molecule has 1 N–H and O–H groups in total. The number of ether oxygens (including phenoxy) is 1. The van der Waals surface area contributed by atoms with E-state index in [1.807, 2.05) is 54.6 Å². The van der Waals surface area contributed by atoms with Gasteiger partial charge in [-0.05, 0) is 48.4 Å². The van der Waals surface area contributed by atoms with E-state index in [0.29, 0.717) is 0 Å². The quantitative estimate of drug-likeness (QED) is 0.578. The Morgan fingerprint density at radius 1 is 0.792 bits per heavy atom. The molecule has 0 saturated heterocycles. The molecule has 0 amide bonds. The molecule has 122 valence electrons. The van der Waals surface area contributed by atoms with Crippen molar-refractivity contribution in [2.24, 2.45) is 0 Å². The van der Waals surface area contributed by atoms with E-state index < -0.39 is 0 Å². The minimum Gasteiger partial charge on any atom is -0.457 e. The van der Waals surface area contributed by atoms with Crippen LogP contribution in [0.1, 0.15) is 11.1 Å². The van der Waals surface area contributed by atoms with Crippen molar-refractivity contribution in [2.45, 2.75) is 13.0 Å². The molecule has 24 heavy (non-hydrogen) atoms. The third-order valence-electron chi connectivity index (χ3n) is 3.75. The van der Waals surface area contributed by atoms with Gasteiger partial charge in [0.05, 0.1) is 0 Å². The predicted octanol–water partition coefficient (Wildman–Crippen LogP) is 5.46. The van der Waals surface area contributed by atoms with E-state index in [9.17, 15) is 0 Å². The largest absolute Gasteiger partial charge is 0.457 e. The molecule has 0 heterocycles. The first-order valence-corrected chi connectivity index (χ1v) is 8.45. The van der Waals surface area contributed by atoms with Crippen LogP contribution in [0.15, 0.2) is 78.9 Å². The Bertz CT molecular complexity index is 759. The normalized spacial score (nSPS) is 10.5. The van der Waals surface area contributed by atoms with Crippen LogP contribution in [0.5, 0.6) is 11.5 Å². The summed E-state index contributed by atoms with van der Waals surface area (Å²) in [7, 11) is 0. The molecule has 3 rings (SSSR count). The van der Waals surface area contributed by atoms with Gasteiger partial charge in [0, 0.05) is 11.6 Å². The van der Waals surface area contributed by atoms with Crippen molar-refractivity contribution in [2.75, 3.05) is 6.54 Å². The number of nitrogens with one attached hydrogen (secondary N) is 1. The molecular formula is C21H20ClNO. The van der Waals surface area contributed by atoms with Crippen molar-refractivity contribution in [3.63, 3.8) is 0 Å². The van der Waals surface area contributed by atoms with Gasteiger partial charge in [-0.25, -0.2) is 0 Å². The van der Waals surface area contributed by atoms with E-state index >= 15 is 0 Å². The second-order valence-electron chi connectivity index (χ2n) is 5.58. The fraction of sp³-hybridized carbons (Fsp3) is 0.143. The van der Waals surface area contributed by atoms with Gasteiger partial charge in [0.2, 0.25) is 0 Å². The SMILES string of the molecule is Clc1cc(Oc2ccccc2)ccc1CNCCc1ccccc1. The van der Waals surface area contributed by atoms with Gasteiger partial charge in [0.25, 0.3) is 0 Å². The molecule has 3 aromatic carbocycles. The van der Waals surface area contributed by atoms with Crippen molar-refractivity contribution < 1.29 is 4.74 Å². The highest BCUT2D eigenvalue weighted by Crippen LogP contribution is 2.26. The lowest BCUT2D eigenvalue weighted by atomic mass is 10.1. The summed E-state index contributed by atoms with van der Waals surface area (Å²) >= 11 is 6.37. The lowest BCUT2D eigenvalue weighted by Crippen LogP contribution is -2.16. The second kappa shape index (κ2) is 8.53. The molecule has 0 spiro atoms. The number of benzene rings is 3. The topological polar surface area (TPSA) is 21.3 Å². The zero-order valence-electron chi connectivity index (χ0n) is 13.4. The van der Waals surface area contributed by atoms with Crippen molar-refractivity contribution >= 4 is 11.6 Å². The fourth-order valence-electron chi connectivity index (χ4n) is 2.46. The van der Waals surface area contributed by atoms with E-state index in [0.717, 1.165) is 41.6 Å². The maximum Gasteiger partial charge on any atom is 0.128 e. The van der Waals surface area contributed by atoms with Crippen molar-refractivity contribution in [1.82, 2.24) is 5.32 Å². The Hall–Kier alpha value is -2.29. The van der Waals surface area contributed by atoms with Crippen LogP contribution in [-0.2, 0) is 13.0 Å². The third kappa shape index (κ3) is 4.85. The summed E-state index contributed by atoms with van der Waals surface area (Å²) in [4.78, 5) is 0. The molecular weight excluding hydrogens is 318 g/mol. The Balaban J connectivity index is 1.51. The molecule has 0 atom stereocenters. The zero-order valence-corrected chi connectivity index (χ0v) is 14.2. The summed E-state index contributed by atoms with van der Waals surface area (Å²) in [6.45, 7) is 1.67. The predicted molar refractivity (Wildman–Crippen MR) is 99.8 cm³/mol. The zero-order chi connectivity index (χ0) is 16.6. The summed E-state index contributed by atoms with van der Waals surface area (Å²) in [5, 5.41) is 4.15. The van der Waals surface area contributed by atoms with Crippen LogP contribution in [-0.4, -0.2) is 6.54 Å². The van der Waals surface area contributed by atoms with Crippen LogP contribution in [0, 0.1) is 0 Å². The number of halogens is 1. The molecule has 0 fully saturated rings. The maximum absolute atomic E-state index is 6.37. The molecule has 0 aliphatic carbocycles. The van der Waals surface area contributed by atoms with Crippen LogP contribution < -0.4 is 10.1 Å². The molecule has 3 aromatic rings. The summed E-state index contributed by atoms with van der Waals surface area (Å²) in [6, 6.07) is 26.0. The Kier molecular flexibility index (Phi) is 5.89. The van der Waals surface area contributed by atoms with Gasteiger partial charge >= 0.3 is 0 Å². The van der Waals surface area contributed by atoms with Crippen LogP contribution >= 0.6 is 11.6 Å². The smallest absolute Gasteiger partial charge is 0.128 e. The molecule has 0 radical (unpaired) electrons. The Labute approximate surface area is 148 Å². The number of rotatable bonds is 7. The molecule has 0 unspecified atom stereocenters. The van der Waals surface area contributed by atoms with Crippen LogP contribution in [0.3, 0.4) is 0 Å². The van der Waals surface area contributed by atoms with Gasteiger partial charge in [0.15, 0.2) is 0 Å². The minimum atomic E-state index is 0.718. The first kappa shape index (κ1) is 16.6. The fourth-order valence-corrected chi connectivity index (χ4v) is 2.70. The number of para-hydroxylation sites is 1. The monoisotopic (exact) mass is 337 g/mol. The average Bonchev–Trinajstić information content (AvgIpc) is 2.62. The molecule has 2 nitrogen and oxygen atoms in total. The lowest BCUT2D eigenvalue weighted by Gasteiger charge is -2.10. The standard InChI is InChI=1S/C21H20ClNO/c22-21-15-20(24-19-9-5-2-6-10-19)12-11-18(21)16-23-14-13-17-7-3-1-4-8-17/h1-12,15,23H,13-14,16H2. The molecule has 0 aliphatic heterocycles. The molecule has 0 aromatic heterocycles. The third-order valence-corrected chi connectivity index (χ3v) is 4.10. The van der Waals surface area contributed by atoms with E-state index in [4.69, 9.17) is 16.3 Å². The number of hydrogen-bond donors (Lipinski definition) is 1.